The Balaban J connectivity index is 2.14. The van der Waals surface area contributed by atoms with Crippen molar-refractivity contribution in [3.8, 4) is 0 Å². The summed E-state index contributed by atoms with van der Waals surface area (Å²) in [6, 6.07) is 3.95. The molecule has 1 aromatic carbocycles. The molecule has 1 atom stereocenters. The molecule has 1 aromatic rings. The fourth-order valence-electron chi connectivity index (χ4n) is 2.92. The van der Waals surface area contributed by atoms with Crippen LogP contribution in [-0.2, 0) is 11.2 Å². The number of halogens is 1. The highest BCUT2D eigenvalue weighted by Crippen LogP contribution is 2.44. The van der Waals surface area contributed by atoms with Crippen molar-refractivity contribution in [2.24, 2.45) is 0 Å². The second-order valence-electron chi connectivity index (χ2n) is 4.70. The van der Waals surface area contributed by atoms with Crippen LogP contribution in [0, 0.1) is 0 Å². The van der Waals surface area contributed by atoms with Crippen molar-refractivity contribution in [2.75, 3.05) is 31.6 Å². The van der Waals surface area contributed by atoms with Crippen LogP contribution >= 0.6 is 11.6 Å². The first-order valence-corrected chi connectivity index (χ1v) is 6.47. The molecule has 1 amide bonds. The van der Waals surface area contributed by atoms with Gasteiger partial charge in [0.25, 0.3) is 0 Å². The Hall–Kier alpha value is -1.26. The molecule has 2 heterocycles. The minimum Gasteiger partial charge on any atom is -0.452 e. The van der Waals surface area contributed by atoms with E-state index in [0.717, 1.165) is 25.2 Å². The van der Waals surface area contributed by atoms with Crippen molar-refractivity contribution in [3.05, 3.63) is 28.3 Å². The topological polar surface area (TPSA) is 41.6 Å². The van der Waals surface area contributed by atoms with E-state index in [1.54, 1.807) is 4.90 Å². The number of nitrogens with one attached hydrogen (secondary N) is 1. The number of methoxy groups -OCH3 is 1. The van der Waals surface area contributed by atoms with Crippen LogP contribution in [0.2, 0.25) is 5.02 Å². The third-order valence-electron chi connectivity index (χ3n) is 3.70. The highest BCUT2D eigenvalue weighted by Gasteiger charge is 2.37. The molecule has 18 heavy (non-hydrogen) atoms. The van der Waals surface area contributed by atoms with Crippen molar-refractivity contribution < 1.29 is 9.53 Å². The van der Waals surface area contributed by atoms with Gasteiger partial charge in [0.15, 0.2) is 0 Å². The first kappa shape index (κ1) is 11.8. The van der Waals surface area contributed by atoms with E-state index in [0.29, 0.717) is 17.5 Å². The fourth-order valence-corrected chi connectivity index (χ4v) is 3.18. The predicted molar refractivity (Wildman–Crippen MR) is 70.5 cm³/mol. The van der Waals surface area contributed by atoms with Crippen molar-refractivity contribution in [1.82, 2.24) is 5.32 Å². The summed E-state index contributed by atoms with van der Waals surface area (Å²) in [5.41, 5.74) is 3.35. The number of carbonyl (C=O) groups excluding carboxylic acids is 1. The van der Waals surface area contributed by atoms with E-state index in [2.05, 4.69) is 11.4 Å². The lowest BCUT2D eigenvalue weighted by Gasteiger charge is -2.17. The van der Waals surface area contributed by atoms with E-state index >= 15 is 0 Å². The molecule has 0 unspecified atom stereocenters. The average molecular weight is 267 g/mol. The lowest BCUT2D eigenvalue weighted by atomic mass is 9.95. The molecule has 0 radical (unpaired) electrons. The number of carbonyl (C=O) groups is 1. The largest absolute Gasteiger partial charge is 0.452 e. The van der Waals surface area contributed by atoms with Gasteiger partial charge in [-0.1, -0.05) is 17.7 Å². The molecule has 2 aliphatic rings. The van der Waals surface area contributed by atoms with Gasteiger partial charge in [0, 0.05) is 19.0 Å². The van der Waals surface area contributed by atoms with Crippen molar-refractivity contribution in [1.29, 1.82) is 0 Å². The van der Waals surface area contributed by atoms with Gasteiger partial charge in [-0.2, -0.15) is 0 Å². The van der Waals surface area contributed by atoms with Gasteiger partial charge in [-0.15, -0.1) is 0 Å². The molecule has 0 saturated carbocycles. The zero-order valence-corrected chi connectivity index (χ0v) is 11.0. The number of hydrogen-bond donors (Lipinski definition) is 1. The van der Waals surface area contributed by atoms with Crippen LogP contribution in [0.25, 0.3) is 0 Å². The number of rotatable bonds is 0. The summed E-state index contributed by atoms with van der Waals surface area (Å²) in [6.07, 6.45) is 0.642. The molecule has 2 aliphatic heterocycles. The van der Waals surface area contributed by atoms with E-state index in [1.165, 1.54) is 18.2 Å². The molecule has 3 rings (SSSR count). The van der Waals surface area contributed by atoms with Crippen LogP contribution < -0.4 is 10.2 Å². The lowest BCUT2D eigenvalue weighted by molar-refractivity contribution is 0.179. The Labute approximate surface area is 111 Å². The third-order valence-corrected chi connectivity index (χ3v) is 4.00. The van der Waals surface area contributed by atoms with E-state index in [4.69, 9.17) is 16.3 Å². The second-order valence-corrected chi connectivity index (χ2v) is 5.11. The summed E-state index contributed by atoms with van der Waals surface area (Å²) in [6.45, 7) is 2.50. The quantitative estimate of drug-likeness (QED) is 0.782. The predicted octanol–water partition coefficient (Wildman–Crippen LogP) is 2.16. The SMILES string of the molecule is COC(=O)N1C[C@@H]2CNCCc3ccc(Cl)c1c32. The first-order valence-electron chi connectivity index (χ1n) is 6.10. The molecule has 0 bridgehead atoms. The van der Waals surface area contributed by atoms with Gasteiger partial charge in [-0.05, 0) is 30.2 Å². The number of anilines is 1. The summed E-state index contributed by atoms with van der Waals surface area (Å²) < 4.78 is 4.84. The van der Waals surface area contributed by atoms with Gasteiger partial charge in [0.2, 0.25) is 0 Å². The van der Waals surface area contributed by atoms with Gasteiger partial charge in [0.1, 0.15) is 0 Å². The number of nitrogens with zero attached hydrogens (tertiary/aromatic N) is 1. The van der Waals surface area contributed by atoms with E-state index < -0.39 is 0 Å². The molecular formula is C13H15ClN2O2. The summed E-state index contributed by atoms with van der Waals surface area (Å²) in [5, 5.41) is 4.03. The Morgan fingerprint density at radius 2 is 2.39 bits per heavy atom. The highest BCUT2D eigenvalue weighted by atomic mass is 35.5. The fraction of sp³-hybridized carbons (Fsp3) is 0.462. The van der Waals surface area contributed by atoms with Gasteiger partial charge < -0.3 is 10.1 Å². The standard InChI is InChI=1S/C13H15ClN2O2/c1-18-13(17)16-7-9-6-15-5-4-8-2-3-10(14)12(16)11(8)9/h2-3,9,15H,4-7H2,1H3/t9-/m0/s1. The van der Waals surface area contributed by atoms with Crippen LogP contribution in [0.5, 0.6) is 0 Å². The summed E-state index contributed by atoms with van der Waals surface area (Å²) in [7, 11) is 1.40. The number of hydrogen-bond acceptors (Lipinski definition) is 3. The molecule has 0 aromatic heterocycles. The van der Waals surface area contributed by atoms with Gasteiger partial charge in [0.05, 0.1) is 17.8 Å². The van der Waals surface area contributed by atoms with Crippen molar-refractivity contribution >= 4 is 23.4 Å². The van der Waals surface area contributed by atoms with Crippen LogP contribution in [0.4, 0.5) is 10.5 Å². The summed E-state index contributed by atoms with van der Waals surface area (Å²) in [5.74, 6) is 0.315. The summed E-state index contributed by atoms with van der Waals surface area (Å²) in [4.78, 5) is 13.5. The van der Waals surface area contributed by atoms with Crippen LogP contribution in [0.1, 0.15) is 17.0 Å². The highest BCUT2D eigenvalue weighted by molar-refractivity contribution is 6.34. The molecule has 4 nitrogen and oxygen atoms in total. The molecule has 0 spiro atoms. The maximum Gasteiger partial charge on any atom is 0.414 e. The Kier molecular flexibility index (Phi) is 2.92. The average Bonchev–Trinajstić information content (AvgIpc) is 2.65. The van der Waals surface area contributed by atoms with E-state index in [1.807, 2.05) is 6.07 Å². The minimum absolute atomic E-state index is 0.315. The maximum atomic E-state index is 11.8. The minimum atomic E-state index is -0.335. The Bertz CT molecular complexity index is 504. The molecule has 5 heteroatoms. The Morgan fingerprint density at radius 1 is 1.56 bits per heavy atom. The number of ether oxygens (including phenoxy) is 1. The van der Waals surface area contributed by atoms with Gasteiger partial charge >= 0.3 is 6.09 Å². The maximum absolute atomic E-state index is 11.8. The van der Waals surface area contributed by atoms with Crippen LogP contribution in [-0.4, -0.2) is 32.8 Å². The van der Waals surface area contributed by atoms with Crippen molar-refractivity contribution in [2.45, 2.75) is 12.3 Å². The van der Waals surface area contributed by atoms with E-state index in [-0.39, 0.29) is 6.09 Å². The Morgan fingerprint density at radius 3 is 3.17 bits per heavy atom. The van der Waals surface area contributed by atoms with E-state index in [9.17, 15) is 4.79 Å². The normalized spacial score (nSPS) is 21.4. The molecule has 0 fully saturated rings. The zero-order chi connectivity index (χ0) is 12.7. The molecule has 96 valence electrons. The number of benzene rings is 1. The zero-order valence-electron chi connectivity index (χ0n) is 10.2. The smallest absolute Gasteiger partial charge is 0.414 e. The molecular weight excluding hydrogens is 252 g/mol. The second kappa shape index (κ2) is 4.44. The van der Waals surface area contributed by atoms with Crippen LogP contribution in [0.15, 0.2) is 12.1 Å². The molecule has 0 saturated heterocycles. The van der Waals surface area contributed by atoms with Crippen LogP contribution in [0.3, 0.4) is 0 Å². The monoisotopic (exact) mass is 266 g/mol. The van der Waals surface area contributed by atoms with Gasteiger partial charge in [-0.3, -0.25) is 4.90 Å². The lowest BCUT2D eigenvalue weighted by Crippen LogP contribution is -2.32. The van der Waals surface area contributed by atoms with Gasteiger partial charge in [-0.25, -0.2) is 4.79 Å². The molecule has 0 aliphatic carbocycles. The van der Waals surface area contributed by atoms with Crippen molar-refractivity contribution in [3.63, 3.8) is 0 Å². The molecule has 1 N–H and O–H groups in total. The number of amides is 1. The summed E-state index contributed by atoms with van der Waals surface area (Å²) >= 11 is 6.27. The first-order chi connectivity index (χ1) is 8.72. The third kappa shape index (κ3) is 1.68.